The third-order valence-corrected chi connectivity index (χ3v) is 1.72. The molecule has 0 atom stereocenters. The highest BCUT2D eigenvalue weighted by molar-refractivity contribution is 5.76. The van der Waals surface area contributed by atoms with Gasteiger partial charge in [-0.05, 0) is 19.4 Å². The lowest BCUT2D eigenvalue weighted by Crippen LogP contribution is -2.31. The van der Waals surface area contributed by atoms with Crippen molar-refractivity contribution in [3.05, 3.63) is 0 Å². The Kier molecular flexibility index (Phi) is 7.12. The fourth-order valence-corrected chi connectivity index (χ4v) is 0.982. The Hall–Kier alpha value is -1.59. The summed E-state index contributed by atoms with van der Waals surface area (Å²) >= 11 is 0. The molecule has 0 aromatic carbocycles. The van der Waals surface area contributed by atoms with Gasteiger partial charge < -0.3 is 10.6 Å². The molecule has 14 heavy (non-hydrogen) atoms. The van der Waals surface area contributed by atoms with E-state index in [2.05, 4.69) is 0 Å². The van der Waals surface area contributed by atoms with Gasteiger partial charge in [0.2, 0.25) is 5.91 Å². The Bertz CT molecular complexity index is 235. The van der Waals surface area contributed by atoms with Crippen molar-refractivity contribution >= 4 is 5.91 Å². The quantitative estimate of drug-likeness (QED) is 0.475. The van der Waals surface area contributed by atoms with E-state index in [0.29, 0.717) is 19.4 Å². The van der Waals surface area contributed by atoms with Crippen LogP contribution in [0.3, 0.4) is 0 Å². The summed E-state index contributed by atoms with van der Waals surface area (Å²) in [7, 11) is 0. The summed E-state index contributed by atoms with van der Waals surface area (Å²) in [6.07, 6.45) is 1.86. The number of nitrogens with two attached hydrogens (primary N) is 1. The van der Waals surface area contributed by atoms with E-state index in [1.165, 1.54) is 4.90 Å². The molecule has 0 fully saturated rings. The number of unbranched alkanes of at least 4 members (excludes halogenated alkanes) is 1. The van der Waals surface area contributed by atoms with E-state index >= 15 is 0 Å². The molecule has 0 aromatic heterocycles. The Morgan fingerprint density at radius 2 is 1.79 bits per heavy atom. The summed E-state index contributed by atoms with van der Waals surface area (Å²) in [5.41, 5.74) is 5.28. The van der Waals surface area contributed by atoms with Crippen molar-refractivity contribution in [2.45, 2.75) is 19.3 Å². The number of hydrogen-bond acceptors (Lipinski definition) is 4. The molecule has 0 radical (unpaired) electrons. The largest absolute Gasteiger partial charge is 0.330 e. The summed E-state index contributed by atoms with van der Waals surface area (Å²) in [4.78, 5) is 12.6. The molecular weight excluding hydrogens is 180 g/mol. The second kappa shape index (κ2) is 8.03. The van der Waals surface area contributed by atoms with Gasteiger partial charge in [0.1, 0.15) is 13.1 Å². The maximum Gasteiger partial charge on any atom is 0.224 e. The van der Waals surface area contributed by atoms with E-state index < -0.39 is 0 Å². The Labute approximate surface area is 83.7 Å². The molecule has 0 aliphatic carbocycles. The maximum absolute atomic E-state index is 11.4. The molecule has 0 unspecified atom stereocenters. The highest BCUT2D eigenvalue weighted by Crippen LogP contribution is 1.99. The first-order chi connectivity index (χ1) is 6.76. The first-order valence-corrected chi connectivity index (χ1v) is 4.48. The van der Waals surface area contributed by atoms with Crippen LogP contribution in [0.15, 0.2) is 0 Å². The van der Waals surface area contributed by atoms with Crippen molar-refractivity contribution in [3.8, 4) is 12.1 Å². The number of nitriles is 2. The molecule has 0 spiro atoms. The number of amides is 1. The summed E-state index contributed by atoms with van der Waals surface area (Å²) in [5, 5.41) is 16.8. The number of carbonyl (C=O) groups excluding carboxylic acids is 1. The second-order valence-electron chi connectivity index (χ2n) is 2.81. The molecule has 0 aromatic rings. The molecule has 0 aliphatic rings. The average Bonchev–Trinajstić information content (AvgIpc) is 2.18. The normalized spacial score (nSPS) is 8.79. The minimum absolute atomic E-state index is 0.0188. The van der Waals surface area contributed by atoms with Gasteiger partial charge in [0.25, 0.3) is 0 Å². The molecule has 2 N–H and O–H groups in total. The molecule has 0 bridgehead atoms. The predicted octanol–water partition coefficient (Wildman–Crippen LogP) is -0.00884. The summed E-state index contributed by atoms with van der Waals surface area (Å²) in [5.74, 6) is -0.151. The maximum atomic E-state index is 11.4. The molecule has 0 saturated heterocycles. The average molecular weight is 194 g/mol. The van der Waals surface area contributed by atoms with Gasteiger partial charge in [-0.2, -0.15) is 10.5 Å². The van der Waals surface area contributed by atoms with Gasteiger partial charge in [0, 0.05) is 6.42 Å². The zero-order chi connectivity index (χ0) is 10.8. The van der Waals surface area contributed by atoms with Crippen LogP contribution in [0.4, 0.5) is 0 Å². The van der Waals surface area contributed by atoms with E-state index in [0.717, 1.165) is 6.42 Å². The summed E-state index contributed by atoms with van der Waals surface area (Å²) in [6.45, 7) is 0.522. The Morgan fingerprint density at radius 1 is 1.21 bits per heavy atom. The van der Waals surface area contributed by atoms with Crippen LogP contribution in [-0.2, 0) is 4.79 Å². The van der Waals surface area contributed by atoms with Crippen molar-refractivity contribution in [3.63, 3.8) is 0 Å². The lowest BCUT2D eigenvalue weighted by Gasteiger charge is -2.15. The topological polar surface area (TPSA) is 93.9 Å². The van der Waals surface area contributed by atoms with Crippen LogP contribution in [0.2, 0.25) is 0 Å². The lowest BCUT2D eigenvalue weighted by molar-refractivity contribution is -0.130. The molecule has 5 heteroatoms. The summed E-state index contributed by atoms with van der Waals surface area (Å²) in [6, 6.07) is 3.71. The number of hydrogen-bond donors (Lipinski definition) is 1. The van der Waals surface area contributed by atoms with E-state index in [1.54, 1.807) is 0 Å². The number of rotatable bonds is 6. The van der Waals surface area contributed by atoms with Gasteiger partial charge in [0.15, 0.2) is 0 Å². The van der Waals surface area contributed by atoms with Crippen LogP contribution >= 0.6 is 0 Å². The Balaban J connectivity index is 3.91. The van der Waals surface area contributed by atoms with Gasteiger partial charge in [-0.1, -0.05) is 0 Å². The fraction of sp³-hybridized carbons (Fsp3) is 0.667. The van der Waals surface area contributed by atoms with Gasteiger partial charge >= 0.3 is 0 Å². The molecule has 0 rings (SSSR count). The van der Waals surface area contributed by atoms with Crippen molar-refractivity contribution in [2.24, 2.45) is 5.73 Å². The summed E-state index contributed by atoms with van der Waals surface area (Å²) < 4.78 is 0. The molecule has 5 nitrogen and oxygen atoms in total. The van der Waals surface area contributed by atoms with Crippen molar-refractivity contribution in [1.29, 1.82) is 10.5 Å². The van der Waals surface area contributed by atoms with Gasteiger partial charge in [0.05, 0.1) is 12.1 Å². The van der Waals surface area contributed by atoms with Crippen LogP contribution in [0.5, 0.6) is 0 Å². The van der Waals surface area contributed by atoms with Crippen LogP contribution in [0, 0.1) is 22.7 Å². The number of nitrogens with zero attached hydrogens (tertiary/aromatic N) is 3. The smallest absolute Gasteiger partial charge is 0.224 e. The SMILES string of the molecule is N#CCN(CC#N)C(=O)CCCCN. The van der Waals surface area contributed by atoms with Gasteiger partial charge in [-0.25, -0.2) is 0 Å². The Morgan fingerprint density at radius 3 is 2.21 bits per heavy atom. The zero-order valence-electron chi connectivity index (χ0n) is 8.07. The number of carbonyl (C=O) groups is 1. The minimum Gasteiger partial charge on any atom is -0.330 e. The molecule has 0 saturated carbocycles. The zero-order valence-corrected chi connectivity index (χ0v) is 8.07. The standard InChI is InChI=1S/C9H14N4O/c10-4-2-1-3-9(14)13(7-5-11)8-6-12/h1-4,7-8,10H2. The van der Waals surface area contributed by atoms with Crippen LogP contribution in [0.1, 0.15) is 19.3 Å². The molecule has 76 valence electrons. The minimum atomic E-state index is -0.151. The fourth-order valence-electron chi connectivity index (χ4n) is 0.982. The second-order valence-corrected chi connectivity index (χ2v) is 2.81. The highest BCUT2D eigenvalue weighted by Gasteiger charge is 2.11. The first-order valence-electron chi connectivity index (χ1n) is 4.48. The van der Waals surface area contributed by atoms with Crippen LogP contribution < -0.4 is 5.73 Å². The van der Waals surface area contributed by atoms with Crippen LogP contribution in [0.25, 0.3) is 0 Å². The van der Waals surface area contributed by atoms with E-state index in [9.17, 15) is 4.79 Å². The van der Waals surface area contributed by atoms with E-state index in [-0.39, 0.29) is 19.0 Å². The van der Waals surface area contributed by atoms with E-state index in [1.807, 2.05) is 12.1 Å². The lowest BCUT2D eigenvalue weighted by atomic mass is 10.2. The van der Waals surface area contributed by atoms with Crippen molar-refractivity contribution in [2.75, 3.05) is 19.6 Å². The van der Waals surface area contributed by atoms with Gasteiger partial charge in [-0.3, -0.25) is 4.79 Å². The van der Waals surface area contributed by atoms with Gasteiger partial charge in [-0.15, -0.1) is 0 Å². The predicted molar refractivity (Wildman–Crippen MR) is 50.7 cm³/mol. The highest BCUT2D eigenvalue weighted by atomic mass is 16.2. The van der Waals surface area contributed by atoms with Crippen molar-refractivity contribution < 1.29 is 4.79 Å². The first kappa shape index (κ1) is 12.4. The van der Waals surface area contributed by atoms with Crippen LogP contribution in [-0.4, -0.2) is 30.4 Å². The molecule has 1 amide bonds. The van der Waals surface area contributed by atoms with Crippen molar-refractivity contribution in [1.82, 2.24) is 4.90 Å². The molecule has 0 aliphatic heterocycles. The third-order valence-electron chi connectivity index (χ3n) is 1.72. The third kappa shape index (κ3) is 5.13. The molecule has 0 heterocycles. The monoisotopic (exact) mass is 194 g/mol. The van der Waals surface area contributed by atoms with E-state index in [4.69, 9.17) is 16.3 Å². The molecular formula is C9H14N4O.